The first-order chi connectivity index (χ1) is 6.24. The number of carboxylic acid groups (broad SMARTS) is 1. The van der Waals surface area contributed by atoms with Crippen LogP contribution in [0.3, 0.4) is 0 Å². The van der Waals surface area contributed by atoms with Crippen LogP contribution in [-0.2, 0) is 0 Å². The van der Waals surface area contributed by atoms with E-state index in [-0.39, 0.29) is 5.69 Å². The molecular formula is C9H6FNO2. The molecule has 0 unspecified atom stereocenters. The van der Waals surface area contributed by atoms with Gasteiger partial charge in [-0.2, -0.15) is 0 Å². The second kappa shape index (κ2) is 4.21. The van der Waals surface area contributed by atoms with Gasteiger partial charge in [-0.1, -0.05) is 11.8 Å². The molecule has 0 saturated carbocycles. The molecule has 1 heterocycles. The standard InChI is InChI=1S/C9H6FNO2/c10-5-1-2-7-3-4-8(9(12)13)11-6-7/h3-4,6H,5H2,(H,12,13). The molecule has 3 nitrogen and oxygen atoms in total. The van der Waals surface area contributed by atoms with Crippen molar-refractivity contribution in [2.75, 3.05) is 6.67 Å². The van der Waals surface area contributed by atoms with Crippen LogP contribution in [0.25, 0.3) is 0 Å². The van der Waals surface area contributed by atoms with Gasteiger partial charge in [0, 0.05) is 11.8 Å². The molecule has 0 amide bonds. The van der Waals surface area contributed by atoms with Gasteiger partial charge in [-0.3, -0.25) is 0 Å². The monoisotopic (exact) mass is 179 g/mol. The van der Waals surface area contributed by atoms with E-state index in [0.717, 1.165) is 0 Å². The summed E-state index contributed by atoms with van der Waals surface area (Å²) < 4.78 is 11.6. The molecular weight excluding hydrogens is 173 g/mol. The van der Waals surface area contributed by atoms with E-state index in [1.165, 1.54) is 18.3 Å². The van der Waals surface area contributed by atoms with E-state index in [0.29, 0.717) is 5.56 Å². The molecule has 0 aliphatic carbocycles. The van der Waals surface area contributed by atoms with Crippen LogP contribution >= 0.6 is 0 Å². The Hall–Kier alpha value is -1.89. The summed E-state index contributed by atoms with van der Waals surface area (Å²) in [6, 6.07) is 2.81. The lowest BCUT2D eigenvalue weighted by molar-refractivity contribution is 0.0690. The smallest absolute Gasteiger partial charge is 0.354 e. The molecule has 0 saturated heterocycles. The van der Waals surface area contributed by atoms with Gasteiger partial charge in [0.15, 0.2) is 6.67 Å². The van der Waals surface area contributed by atoms with E-state index in [1.807, 2.05) is 0 Å². The summed E-state index contributed by atoms with van der Waals surface area (Å²) in [5.41, 5.74) is 0.452. The van der Waals surface area contributed by atoms with Gasteiger partial charge in [-0.25, -0.2) is 14.2 Å². The van der Waals surface area contributed by atoms with Crippen molar-refractivity contribution in [2.24, 2.45) is 0 Å². The number of halogens is 1. The molecule has 0 aliphatic rings. The number of hydrogen-bond acceptors (Lipinski definition) is 2. The van der Waals surface area contributed by atoms with Gasteiger partial charge in [0.05, 0.1) is 0 Å². The summed E-state index contributed by atoms with van der Waals surface area (Å²) in [5.74, 6) is 3.60. The lowest BCUT2D eigenvalue weighted by Gasteiger charge is -1.92. The highest BCUT2D eigenvalue weighted by Gasteiger charge is 2.01. The predicted molar refractivity (Wildman–Crippen MR) is 44.0 cm³/mol. The van der Waals surface area contributed by atoms with Crippen molar-refractivity contribution in [3.8, 4) is 11.8 Å². The van der Waals surface area contributed by atoms with Gasteiger partial charge in [0.2, 0.25) is 0 Å². The molecule has 0 aliphatic heterocycles. The Morgan fingerprint density at radius 3 is 2.85 bits per heavy atom. The highest BCUT2D eigenvalue weighted by molar-refractivity contribution is 5.85. The maximum Gasteiger partial charge on any atom is 0.354 e. The normalized spacial score (nSPS) is 8.69. The van der Waals surface area contributed by atoms with Crippen LogP contribution in [0.15, 0.2) is 18.3 Å². The number of pyridine rings is 1. The molecule has 13 heavy (non-hydrogen) atoms. The third-order valence-corrected chi connectivity index (χ3v) is 1.28. The Labute approximate surface area is 74.2 Å². The van der Waals surface area contributed by atoms with Gasteiger partial charge in [-0.15, -0.1) is 0 Å². The summed E-state index contributed by atoms with van der Waals surface area (Å²) in [7, 11) is 0. The van der Waals surface area contributed by atoms with Crippen LogP contribution in [0.1, 0.15) is 16.1 Å². The Balaban J connectivity index is 2.87. The molecule has 0 spiro atoms. The summed E-state index contributed by atoms with van der Waals surface area (Å²) in [6.45, 7) is -0.722. The number of aromatic nitrogens is 1. The van der Waals surface area contributed by atoms with E-state index in [4.69, 9.17) is 5.11 Å². The quantitative estimate of drug-likeness (QED) is 0.657. The number of carboxylic acids is 1. The van der Waals surface area contributed by atoms with Gasteiger partial charge in [0.25, 0.3) is 0 Å². The highest BCUT2D eigenvalue weighted by atomic mass is 19.1. The number of alkyl halides is 1. The van der Waals surface area contributed by atoms with Gasteiger partial charge in [0.1, 0.15) is 5.69 Å². The fourth-order valence-electron chi connectivity index (χ4n) is 0.730. The molecule has 0 bridgehead atoms. The van der Waals surface area contributed by atoms with Gasteiger partial charge >= 0.3 is 5.97 Å². The first kappa shape index (κ1) is 9.20. The van der Waals surface area contributed by atoms with Crippen molar-refractivity contribution in [3.05, 3.63) is 29.6 Å². The zero-order chi connectivity index (χ0) is 9.68. The third kappa shape index (κ3) is 2.56. The van der Waals surface area contributed by atoms with Crippen molar-refractivity contribution in [1.82, 2.24) is 4.98 Å². The topological polar surface area (TPSA) is 50.2 Å². The van der Waals surface area contributed by atoms with E-state index >= 15 is 0 Å². The van der Waals surface area contributed by atoms with Gasteiger partial charge in [-0.05, 0) is 12.1 Å². The molecule has 4 heteroatoms. The summed E-state index contributed by atoms with van der Waals surface area (Å²) in [6.07, 6.45) is 1.30. The van der Waals surface area contributed by atoms with Crippen LogP contribution in [0.5, 0.6) is 0 Å². The van der Waals surface area contributed by atoms with Crippen molar-refractivity contribution in [2.45, 2.75) is 0 Å². The van der Waals surface area contributed by atoms with Crippen molar-refractivity contribution >= 4 is 5.97 Å². The maximum atomic E-state index is 11.6. The largest absolute Gasteiger partial charge is 0.477 e. The fourth-order valence-corrected chi connectivity index (χ4v) is 0.730. The van der Waals surface area contributed by atoms with E-state index < -0.39 is 12.6 Å². The summed E-state index contributed by atoms with van der Waals surface area (Å²) >= 11 is 0. The minimum atomic E-state index is -1.09. The molecule has 0 aromatic carbocycles. The number of nitrogens with zero attached hydrogens (tertiary/aromatic N) is 1. The van der Waals surface area contributed by atoms with Crippen LogP contribution in [0.2, 0.25) is 0 Å². The van der Waals surface area contributed by atoms with Crippen molar-refractivity contribution in [3.63, 3.8) is 0 Å². The van der Waals surface area contributed by atoms with Crippen LogP contribution in [-0.4, -0.2) is 22.7 Å². The lowest BCUT2D eigenvalue weighted by Crippen LogP contribution is -1.99. The Morgan fingerprint density at radius 2 is 2.38 bits per heavy atom. The molecule has 0 atom stereocenters. The zero-order valence-corrected chi connectivity index (χ0v) is 6.62. The predicted octanol–water partition coefficient (Wildman–Crippen LogP) is 1.10. The molecule has 1 N–H and O–H groups in total. The Kier molecular flexibility index (Phi) is 2.98. The average molecular weight is 179 g/mol. The molecule has 1 aromatic heterocycles. The number of hydrogen-bond donors (Lipinski definition) is 1. The maximum absolute atomic E-state index is 11.6. The van der Waals surface area contributed by atoms with Crippen molar-refractivity contribution in [1.29, 1.82) is 0 Å². The van der Waals surface area contributed by atoms with Crippen LogP contribution < -0.4 is 0 Å². The minimum Gasteiger partial charge on any atom is -0.477 e. The molecule has 1 aromatic rings. The van der Waals surface area contributed by atoms with E-state index in [2.05, 4.69) is 16.8 Å². The van der Waals surface area contributed by atoms with Crippen LogP contribution in [0.4, 0.5) is 4.39 Å². The molecule has 0 fully saturated rings. The molecule has 0 radical (unpaired) electrons. The number of rotatable bonds is 1. The third-order valence-electron chi connectivity index (χ3n) is 1.28. The second-order valence-electron chi connectivity index (χ2n) is 2.17. The summed E-state index contributed by atoms with van der Waals surface area (Å²) in [5, 5.41) is 8.49. The van der Waals surface area contributed by atoms with E-state index in [9.17, 15) is 9.18 Å². The second-order valence-corrected chi connectivity index (χ2v) is 2.17. The molecule has 1 rings (SSSR count). The van der Waals surface area contributed by atoms with E-state index in [1.54, 1.807) is 0 Å². The SMILES string of the molecule is O=C(O)c1ccc(C#CCF)cn1. The lowest BCUT2D eigenvalue weighted by atomic mass is 10.2. The minimum absolute atomic E-state index is 0.0502. The first-order valence-corrected chi connectivity index (χ1v) is 3.48. The zero-order valence-electron chi connectivity index (χ0n) is 6.62. The highest BCUT2D eigenvalue weighted by Crippen LogP contribution is 1.98. The number of aromatic carboxylic acids is 1. The average Bonchev–Trinajstić information content (AvgIpc) is 2.15. The Morgan fingerprint density at radius 1 is 1.62 bits per heavy atom. The Bertz CT molecular complexity index is 361. The van der Waals surface area contributed by atoms with Gasteiger partial charge < -0.3 is 5.11 Å². The number of carbonyl (C=O) groups is 1. The summed E-state index contributed by atoms with van der Waals surface area (Å²) in [4.78, 5) is 14.0. The molecule has 66 valence electrons. The van der Waals surface area contributed by atoms with Crippen LogP contribution in [0, 0.1) is 11.8 Å². The van der Waals surface area contributed by atoms with Crippen molar-refractivity contribution < 1.29 is 14.3 Å². The first-order valence-electron chi connectivity index (χ1n) is 3.48. The fraction of sp³-hybridized carbons (Fsp3) is 0.111.